The molecule has 0 spiro atoms. The molecule has 14 heavy (non-hydrogen) atoms. The predicted octanol–water partition coefficient (Wildman–Crippen LogP) is 4.89. The highest BCUT2D eigenvalue weighted by Gasteiger charge is 1.93. The summed E-state index contributed by atoms with van der Waals surface area (Å²) in [5, 5.41) is 0. The van der Waals surface area contributed by atoms with Crippen LogP contribution in [0, 0.1) is 5.92 Å². The van der Waals surface area contributed by atoms with Crippen molar-refractivity contribution in [2.45, 2.75) is 46.5 Å². The summed E-state index contributed by atoms with van der Waals surface area (Å²) in [6.07, 6.45) is 13.7. The van der Waals surface area contributed by atoms with E-state index in [1.54, 1.807) is 0 Å². The van der Waals surface area contributed by atoms with Crippen LogP contribution in [0.15, 0.2) is 36.5 Å². The Kier molecular flexibility index (Phi) is 8.31. The van der Waals surface area contributed by atoms with Gasteiger partial charge in [-0.1, -0.05) is 63.1 Å². The molecule has 0 saturated heterocycles. The zero-order chi connectivity index (χ0) is 10.8. The Balaban J connectivity index is 3.69. The lowest BCUT2D eigenvalue weighted by Gasteiger charge is -2.01. The second kappa shape index (κ2) is 8.80. The molecule has 0 aromatic carbocycles. The molecular weight excluding hydrogens is 168 g/mol. The van der Waals surface area contributed by atoms with Gasteiger partial charge in [0.25, 0.3) is 0 Å². The first kappa shape index (κ1) is 13.2. The molecule has 1 unspecified atom stereocenters. The molecule has 0 aliphatic rings. The predicted molar refractivity (Wildman–Crippen MR) is 66.4 cm³/mol. The Labute approximate surface area is 89.4 Å². The van der Waals surface area contributed by atoms with Crippen LogP contribution in [-0.4, -0.2) is 0 Å². The van der Waals surface area contributed by atoms with E-state index < -0.39 is 0 Å². The fourth-order valence-electron chi connectivity index (χ4n) is 1.18. The van der Waals surface area contributed by atoms with Gasteiger partial charge in [0.15, 0.2) is 0 Å². The summed E-state index contributed by atoms with van der Waals surface area (Å²) in [5.41, 5.74) is 1.28. The monoisotopic (exact) mass is 192 g/mol. The standard InChI is InChI=1S/C14H24/c1-5-7-8-9-10-14(4)12-11-13(3)6-2/h6,9-11,14H,2,5,7-8,12H2,1,3-4H3. The van der Waals surface area contributed by atoms with Gasteiger partial charge in [-0.3, -0.25) is 0 Å². The van der Waals surface area contributed by atoms with E-state index in [2.05, 4.69) is 45.6 Å². The van der Waals surface area contributed by atoms with Crippen molar-refractivity contribution >= 4 is 0 Å². The van der Waals surface area contributed by atoms with Crippen LogP contribution in [0.2, 0.25) is 0 Å². The molecule has 0 amide bonds. The molecular formula is C14H24. The van der Waals surface area contributed by atoms with Crippen molar-refractivity contribution in [2.75, 3.05) is 0 Å². The molecule has 0 bridgehead atoms. The Morgan fingerprint density at radius 3 is 2.71 bits per heavy atom. The first-order valence-electron chi connectivity index (χ1n) is 5.66. The molecule has 0 aromatic rings. The Morgan fingerprint density at radius 2 is 2.14 bits per heavy atom. The Hall–Kier alpha value is -0.780. The minimum atomic E-state index is 0.654. The Bertz CT molecular complexity index is 196. The van der Waals surface area contributed by atoms with Crippen LogP contribution in [0.4, 0.5) is 0 Å². The third-order valence-corrected chi connectivity index (χ3v) is 2.32. The van der Waals surface area contributed by atoms with Crippen LogP contribution >= 0.6 is 0 Å². The molecule has 0 fully saturated rings. The minimum Gasteiger partial charge on any atom is -0.0988 e. The molecule has 0 heterocycles. The van der Waals surface area contributed by atoms with Gasteiger partial charge in [-0.05, 0) is 25.7 Å². The summed E-state index contributed by atoms with van der Waals surface area (Å²) >= 11 is 0. The molecule has 0 aliphatic carbocycles. The number of unbranched alkanes of at least 4 members (excludes halogenated alkanes) is 2. The SMILES string of the molecule is C=CC(C)=CCC(C)C=CCCCC. The normalized spacial score (nSPS) is 14.6. The van der Waals surface area contributed by atoms with Crippen LogP contribution in [0.1, 0.15) is 46.5 Å². The van der Waals surface area contributed by atoms with Crippen LogP contribution in [-0.2, 0) is 0 Å². The molecule has 0 N–H and O–H groups in total. The number of allylic oxidation sites excluding steroid dienone is 5. The van der Waals surface area contributed by atoms with E-state index in [0.717, 1.165) is 6.42 Å². The largest absolute Gasteiger partial charge is 0.0988 e. The topological polar surface area (TPSA) is 0 Å². The fourth-order valence-corrected chi connectivity index (χ4v) is 1.18. The quantitative estimate of drug-likeness (QED) is 0.306. The maximum atomic E-state index is 3.74. The van der Waals surface area contributed by atoms with Crippen molar-refractivity contribution in [3.05, 3.63) is 36.5 Å². The lowest BCUT2D eigenvalue weighted by atomic mass is 10.0. The zero-order valence-corrected chi connectivity index (χ0v) is 9.92. The maximum Gasteiger partial charge on any atom is -0.0227 e. The molecule has 0 radical (unpaired) electrons. The highest BCUT2D eigenvalue weighted by atomic mass is 14.0. The molecule has 0 saturated carbocycles. The van der Waals surface area contributed by atoms with E-state index in [4.69, 9.17) is 0 Å². The van der Waals surface area contributed by atoms with Gasteiger partial charge in [-0.25, -0.2) is 0 Å². The van der Waals surface area contributed by atoms with Gasteiger partial charge < -0.3 is 0 Å². The van der Waals surface area contributed by atoms with E-state index in [1.807, 2.05) is 6.08 Å². The van der Waals surface area contributed by atoms with Crippen LogP contribution in [0.5, 0.6) is 0 Å². The van der Waals surface area contributed by atoms with Crippen molar-refractivity contribution in [1.82, 2.24) is 0 Å². The summed E-state index contributed by atoms with van der Waals surface area (Å²) in [5.74, 6) is 0.654. The van der Waals surface area contributed by atoms with E-state index in [9.17, 15) is 0 Å². The third kappa shape index (κ3) is 7.85. The van der Waals surface area contributed by atoms with Gasteiger partial charge in [0.1, 0.15) is 0 Å². The van der Waals surface area contributed by atoms with Crippen molar-refractivity contribution in [1.29, 1.82) is 0 Å². The van der Waals surface area contributed by atoms with E-state index >= 15 is 0 Å². The smallest absolute Gasteiger partial charge is 0.0227 e. The second-order valence-corrected chi connectivity index (χ2v) is 3.94. The minimum absolute atomic E-state index is 0.654. The van der Waals surface area contributed by atoms with Crippen LogP contribution in [0.3, 0.4) is 0 Å². The molecule has 0 rings (SSSR count). The van der Waals surface area contributed by atoms with Crippen molar-refractivity contribution in [3.63, 3.8) is 0 Å². The first-order valence-corrected chi connectivity index (χ1v) is 5.66. The average molecular weight is 192 g/mol. The third-order valence-electron chi connectivity index (χ3n) is 2.32. The summed E-state index contributed by atoms with van der Waals surface area (Å²) in [6, 6.07) is 0. The summed E-state index contributed by atoms with van der Waals surface area (Å²) < 4.78 is 0. The number of rotatable bonds is 7. The van der Waals surface area contributed by atoms with Gasteiger partial charge in [0.2, 0.25) is 0 Å². The fraction of sp³-hybridized carbons (Fsp3) is 0.571. The van der Waals surface area contributed by atoms with Crippen LogP contribution in [0.25, 0.3) is 0 Å². The molecule has 0 nitrogen and oxygen atoms in total. The summed E-state index contributed by atoms with van der Waals surface area (Å²) in [7, 11) is 0. The van der Waals surface area contributed by atoms with Crippen molar-refractivity contribution < 1.29 is 0 Å². The first-order chi connectivity index (χ1) is 6.70. The molecule has 80 valence electrons. The van der Waals surface area contributed by atoms with Gasteiger partial charge >= 0.3 is 0 Å². The summed E-state index contributed by atoms with van der Waals surface area (Å²) in [6.45, 7) is 10.3. The highest BCUT2D eigenvalue weighted by Crippen LogP contribution is 2.08. The number of hydrogen-bond donors (Lipinski definition) is 0. The summed E-state index contributed by atoms with van der Waals surface area (Å²) in [4.78, 5) is 0. The lowest BCUT2D eigenvalue weighted by Crippen LogP contribution is -1.86. The van der Waals surface area contributed by atoms with E-state index in [-0.39, 0.29) is 0 Å². The highest BCUT2D eigenvalue weighted by molar-refractivity contribution is 5.13. The van der Waals surface area contributed by atoms with Gasteiger partial charge in [-0.15, -0.1) is 0 Å². The van der Waals surface area contributed by atoms with Gasteiger partial charge in [-0.2, -0.15) is 0 Å². The molecule has 1 atom stereocenters. The van der Waals surface area contributed by atoms with Gasteiger partial charge in [0, 0.05) is 0 Å². The maximum absolute atomic E-state index is 3.74. The Morgan fingerprint density at radius 1 is 1.43 bits per heavy atom. The molecule has 0 aromatic heterocycles. The van der Waals surface area contributed by atoms with E-state index in [1.165, 1.54) is 24.8 Å². The van der Waals surface area contributed by atoms with Crippen molar-refractivity contribution in [2.24, 2.45) is 5.92 Å². The second-order valence-electron chi connectivity index (χ2n) is 3.94. The van der Waals surface area contributed by atoms with Crippen LogP contribution < -0.4 is 0 Å². The zero-order valence-electron chi connectivity index (χ0n) is 9.92. The molecule has 0 heteroatoms. The van der Waals surface area contributed by atoms with Crippen molar-refractivity contribution in [3.8, 4) is 0 Å². The van der Waals surface area contributed by atoms with E-state index in [0.29, 0.717) is 5.92 Å². The number of hydrogen-bond acceptors (Lipinski definition) is 0. The van der Waals surface area contributed by atoms with Gasteiger partial charge in [0.05, 0.1) is 0 Å². The molecule has 0 aliphatic heterocycles. The lowest BCUT2D eigenvalue weighted by molar-refractivity contribution is 0.730. The average Bonchev–Trinajstić information content (AvgIpc) is 2.21.